The van der Waals surface area contributed by atoms with Crippen LogP contribution >= 0.6 is 0 Å². The van der Waals surface area contributed by atoms with Crippen LogP contribution in [0.1, 0.15) is 19.3 Å². The van der Waals surface area contributed by atoms with E-state index in [1.165, 1.54) is 0 Å². The minimum Gasteiger partial charge on any atom is -0.480 e. The second-order valence-electron chi connectivity index (χ2n) is 5.70. The minimum atomic E-state index is -1.65. The Hall–Kier alpha value is -3.26. The maximum Gasteiger partial charge on any atom is 0.328 e. The highest BCUT2D eigenvalue weighted by Gasteiger charge is 2.27. The SMILES string of the molecule is NC(=O)CCC(N)C(=O)NCC(=O)NC(CC(N)=O)C(=O)NC(CO)C(=O)O. The van der Waals surface area contributed by atoms with Crippen LogP contribution < -0.4 is 33.2 Å². The molecule has 0 saturated carbocycles. The third kappa shape index (κ3) is 10.0. The maximum absolute atomic E-state index is 12.0. The van der Waals surface area contributed by atoms with E-state index in [1.807, 2.05) is 5.32 Å². The van der Waals surface area contributed by atoms with Gasteiger partial charge >= 0.3 is 5.97 Å². The van der Waals surface area contributed by atoms with Gasteiger partial charge in [-0.05, 0) is 6.42 Å². The van der Waals surface area contributed by atoms with Gasteiger partial charge in [-0.25, -0.2) is 4.79 Å². The number of carbonyl (C=O) groups is 6. The van der Waals surface area contributed by atoms with Crippen molar-refractivity contribution in [2.45, 2.75) is 37.4 Å². The van der Waals surface area contributed by atoms with E-state index < -0.39 is 73.2 Å². The Morgan fingerprint density at radius 1 is 0.893 bits per heavy atom. The molecule has 14 heteroatoms. The normalized spacial score (nSPS) is 13.5. The molecular formula is C14H24N6O8. The summed E-state index contributed by atoms with van der Waals surface area (Å²) in [5, 5.41) is 23.9. The summed E-state index contributed by atoms with van der Waals surface area (Å²) in [6.45, 7) is -1.54. The fourth-order valence-corrected chi connectivity index (χ4v) is 1.84. The molecule has 0 spiro atoms. The van der Waals surface area contributed by atoms with Gasteiger partial charge < -0.3 is 43.4 Å². The highest BCUT2D eigenvalue weighted by Crippen LogP contribution is 1.96. The number of nitrogens with two attached hydrogens (primary N) is 3. The molecule has 158 valence electrons. The Morgan fingerprint density at radius 3 is 1.96 bits per heavy atom. The van der Waals surface area contributed by atoms with Gasteiger partial charge in [0.05, 0.1) is 25.6 Å². The summed E-state index contributed by atoms with van der Waals surface area (Å²) < 4.78 is 0. The lowest BCUT2D eigenvalue weighted by Crippen LogP contribution is -2.55. The lowest BCUT2D eigenvalue weighted by Gasteiger charge is -2.20. The van der Waals surface area contributed by atoms with E-state index in [0.29, 0.717) is 0 Å². The number of aliphatic hydroxyl groups excluding tert-OH is 1. The van der Waals surface area contributed by atoms with Gasteiger partial charge in [0.15, 0.2) is 0 Å². The van der Waals surface area contributed by atoms with E-state index in [2.05, 4.69) is 10.6 Å². The Morgan fingerprint density at radius 2 is 1.50 bits per heavy atom. The van der Waals surface area contributed by atoms with Crippen molar-refractivity contribution in [1.29, 1.82) is 0 Å². The Kier molecular flexibility index (Phi) is 10.8. The van der Waals surface area contributed by atoms with Gasteiger partial charge in [0, 0.05) is 6.42 Å². The van der Waals surface area contributed by atoms with Gasteiger partial charge in [-0.1, -0.05) is 0 Å². The fraction of sp³-hybridized carbons (Fsp3) is 0.571. The number of hydrogen-bond donors (Lipinski definition) is 8. The first-order chi connectivity index (χ1) is 13.0. The predicted octanol–water partition coefficient (Wildman–Crippen LogP) is -5.38. The average molecular weight is 404 g/mol. The summed E-state index contributed by atoms with van der Waals surface area (Å²) in [7, 11) is 0. The summed E-state index contributed by atoms with van der Waals surface area (Å²) in [6, 6.07) is -4.27. The Balaban J connectivity index is 4.74. The number of hydrogen-bond acceptors (Lipinski definition) is 8. The smallest absolute Gasteiger partial charge is 0.328 e. The average Bonchev–Trinajstić information content (AvgIpc) is 2.60. The van der Waals surface area contributed by atoms with Crippen molar-refractivity contribution in [2.75, 3.05) is 13.2 Å². The molecule has 0 aliphatic rings. The number of primary amides is 2. The lowest BCUT2D eigenvalue weighted by atomic mass is 10.1. The van der Waals surface area contributed by atoms with E-state index in [1.54, 1.807) is 0 Å². The van der Waals surface area contributed by atoms with Crippen molar-refractivity contribution in [3.05, 3.63) is 0 Å². The third-order valence-electron chi connectivity index (χ3n) is 3.32. The third-order valence-corrected chi connectivity index (χ3v) is 3.32. The van der Waals surface area contributed by atoms with Crippen LogP contribution in [0.4, 0.5) is 0 Å². The van der Waals surface area contributed by atoms with Crippen molar-refractivity contribution in [2.24, 2.45) is 17.2 Å². The molecule has 11 N–H and O–H groups in total. The number of carbonyl (C=O) groups excluding carboxylic acids is 5. The van der Waals surface area contributed by atoms with Crippen molar-refractivity contribution in [3.8, 4) is 0 Å². The quantitative estimate of drug-likeness (QED) is 0.145. The van der Waals surface area contributed by atoms with E-state index in [4.69, 9.17) is 27.4 Å². The molecule has 14 nitrogen and oxygen atoms in total. The molecule has 0 saturated heterocycles. The van der Waals surface area contributed by atoms with Crippen molar-refractivity contribution in [1.82, 2.24) is 16.0 Å². The standard InChI is InChI=1S/C14H24N6O8/c15-6(1-2-9(16)22)12(25)18-4-11(24)19-7(3-10(17)23)13(26)20-8(5-21)14(27)28/h6-8,21H,1-5,15H2,(H2,16,22)(H2,17,23)(H,18,25)(H,19,24)(H,20,26)(H,27,28). The molecule has 0 radical (unpaired) electrons. The van der Waals surface area contributed by atoms with Crippen LogP contribution in [0.2, 0.25) is 0 Å². The minimum absolute atomic E-state index is 0.0345. The van der Waals surface area contributed by atoms with Crippen LogP contribution in [0.3, 0.4) is 0 Å². The number of rotatable bonds is 13. The first kappa shape index (κ1) is 24.7. The Bertz CT molecular complexity index is 625. The van der Waals surface area contributed by atoms with Gasteiger partial charge in [0.25, 0.3) is 0 Å². The molecule has 5 amide bonds. The molecule has 3 unspecified atom stereocenters. The molecule has 3 atom stereocenters. The largest absolute Gasteiger partial charge is 0.480 e. The maximum atomic E-state index is 12.0. The second kappa shape index (κ2) is 12.2. The monoisotopic (exact) mass is 404 g/mol. The van der Waals surface area contributed by atoms with Crippen LogP contribution in [0, 0.1) is 0 Å². The van der Waals surface area contributed by atoms with Crippen LogP contribution in [0.5, 0.6) is 0 Å². The zero-order valence-corrected chi connectivity index (χ0v) is 14.8. The number of carboxylic acids is 1. The molecule has 0 bridgehead atoms. The molecule has 28 heavy (non-hydrogen) atoms. The zero-order chi connectivity index (χ0) is 21.9. The second-order valence-corrected chi connectivity index (χ2v) is 5.70. The van der Waals surface area contributed by atoms with E-state index in [9.17, 15) is 28.8 Å². The molecule has 0 aromatic carbocycles. The Labute approximate surface area is 159 Å². The first-order valence-electron chi connectivity index (χ1n) is 8.01. The van der Waals surface area contributed by atoms with Gasteiger partial charge in [0.2, 0.25) is 29.5 Å². The molecule has 0 rings (SSSR count). The number of aliphatic carboxylic acids is 1. The van der Waals surface area contributed by atoms with Gasteiger partial charge in [-0.3, -0.25) is 24.0 Å². The number of amides is 5. The highest BCUT2D eigenvalue weighted by molar-refractivity contribution is 5.95. The molecule has 0 heterocycles. The van der Waals surface area contributed by atoms with Crippen molar-refractivity contribution < 1.29 is 39.0 Å². The lowest BCUT2D eigenvalue weighted by molar-refractivity contribution is -0.143. The summed E-state index contributed by atoms with van der Waals surface area (Å²) in [5.41, 5.74) is 15.4. The number of aliphatic hydroxyl groups is 1. The summed E-state index contributed by atoms with van der Waals surface area (Å²) in [5.74, 6) is -5.86. The molecular weight excluding hydrogens is 380 g/mol. The van der Waals surface area contributed by atoms with E-state index >= 15 is 0 Å². The first-order valence-corrected chi connectivity index (χ1v) is 8.01. The van der Waals surface area contributed by atoms with Crippen molar-refractivity contribution in [3.63, 3.8) is 0 Å². The topological polar surface area (TPSA) is 257 Å². The fourth-order valence-electron chi connectivity index (χ4n) is 1.84. The van der Waals surface area contributed by atoms with E-state index in [0.717, 1.165) is 0 Å². The highest BCUT2D eigenvalue weighted by atomic mass is 16.4. The van der Waals surface area contributed by atoms with Crippen LogP contribution in [0.15, 0.2) is 0 Å². The summed E-state index contributed by atoms with van der Waals surface area (Å²) >= 11 is 0. The zero-order valence-electron chi connectivity index (χ0n) is 14.8. The van der Waals surface area contributed by atoms with Gasteiger partial charge in [0.1, 0.15) is 12.1 Å². The molecule has 0 aliphatic carbocycles. The van der Waals surface area contributed by atoms with E-state index in [-0.39, 0.29) is 12.8 Å². The van der Waals surface area contributed by atoms with Crippen LogP contribution in [-0.2, 0) is 28.8 Å². The van der Waals surface area contributed by atoms with Crippen LogP contribution in [0.25, 0.3) is 0 Å². The molecule has 0 aliphatic heterocycles. The summed E-state index contributed by atoms with van der Waals surface area (Å²) in [6.07, 6.45) is -0.814. The number of nitrogens with one attached hydrogen (secondary N) is 3. The predicted molar refractivity (Wildman–Crippen MR) is 91.8 cm³/mol. The van der Waals surface area contributed by atoms with Crippen molar-refractivity contribution >= 4 is 35.5 Å². The van der Waals surface area contributed by atoms with Gasteiger partial charge in [-0.15, -0.1) is 0 Å². The van der Waals surface area contributed by atoms with Gasteiger partial charge in [-0.2, -0.15) is 0 Å². The molecule has 0 fully saturated rings. The molecule has 0 aromatic rings. The van der Waals surface area contributed by atoms with Crippen LogP contribution in [-0.4, -0.2) is 77.0 Å². The molecule has 0 aromatic heterocycles. The number of carboxylic acid groups (broad SMARTS) is 1. The summed E-state index contributed by atoms with van der Waals surface area (Å²) in [4.78, 5) is 68.2.